The summed E-state index contributed by atoms with van der Waals surface area (Å²) in [5.41, 5.74) is 11.2. The van der Waals surface area contributed by atoms with Gasteiger partial charge in [0.25, 0.3) is 5.91 Å². The second-order valence-electron chi connectivity index (χ2n) is 6.06. The molecule has 7 nitrogen and oxygen atoms in total. The Bertz CT molecular complexity index is 992. The lowest BCUT2D eigenvalue weighted by molar-refractivity contribution is 0.102. The summed E-state index contributed by atoms with van der Waals surface area (Å²) < 4.78 is 37.7. The molecule has 0 saturated carbocycles. The number of halogens is 2. The van der Waals surface area contributed by atoms with Crippen molar-refractivity contribution in [2.45, 2.75) is 12.8 Å². The van der Waals surface area contributed by atoms with Gasteiger partial charge < -0.3 is 21.5 Å². The Kier molecular flexibility index (Phi) is 6.68. The molecule has 29 heavy (non-hydrogen) atoms. The lowest BCUT2D eigenvalue weighted by Crippen LogP contribution is -2.16. The van der Waals surface area contributed by atoms with Crippen LogP contribution in [0.25, 0.3) is 11.3 Å². The number of nitrogens with two attached hydrogens (primary N) is 2. The number of carbonyl (C=O) groups excluding carboxylic acids is 1. The van der Waals surface area contributed by atoms with E-state index in [0.717, 1.165) is 36.5 Å². The van der Waals surface area contributed by atoms with Crippen LogP contribution >= 0.6 is 11.5 Å². The molecule has 0 aliphatic rings. The van der Waals surface area contributed by atoms with E-state index in [0.29, 0.717) is 23.9 Å². The Morgan fingerprint density at radius 3 is 2.66 bits per heavy atom. The van der Waals surface area contributed by atoms with E-state index < -0.39 is 17.5 Å². The summed E-state index contributed by atoms with van der Waals surface area (Å²) in [7, 11) is 0. The van der Waals surface area contributed by atoms with Crippen LogP contribution in [0.5, 0.6) is 5.06 Å². The number of pyridine rings is 1. The zero-order valence-corrected chi connectivity index (χ0v) is 16.1. The molecular weight excluding hydrogens is 400 g/mol. The van der Waals surface area contributed by atoms with Gasteiger partial charge in [0.2, 0.25) is 5.06 Å². The number of aromatic nitrogens is 2. The topological polar surface area (TPSA) is 116 Å². The van der Waals surface area contributed by atoms with Gasteiger partial charge in [-0.1, -0.05) is 6.07 Å². The zero-order chi connectivity index (χ0) is 20.8. The fourth-order valence-corrected chi connectivity index (χ4v) is 3.13. The van der Waals surface area contributed by atoms with Crippen LogP contribution in [0.15, 0.2) is 36.5 Å². The second-order valence-corrected chi connectivity index (χ2v) is 6.82. The maximum atomic E-state index is 14.1. The third-order valence-electron chi connectivity index (χ3n) is 3.98. The first kappa shape index (κ1) is 20.6. The average Bonchev–Trinajstić information content (AvgIpc) is 3.13. The minimum atomic E-state index is -0.788. The van der Waals surface area contributed by atoms with E-state index in [4.69, 9.17) is 16.2 Å². The lowest BCUT2D eigenvalue weighted by atomic mass is 10.1. The summed E-state index contributed by atoms with van der Waals surface area (Å²) in [6.07, 6.45) is 3.03. The molecule has 0 bridgehead atoms. The number of nitrogen functional groups attached to an aromatic ring is 1. The number of rotatable bonds is 8. The van der Waals surface area contributed by atoms with Gasteiger partial charge in [0, 0.05) is 11.5 Å². The maximum absolute atomic E-state index is 14.1. The molecule has 0 radical (unpaired) electrons. The molecule has 1 aromatic carbocycles. The van der Waals surface area contributed by atoms with Gasteiger partial charge in [0.1, 0.15) is 17.3 Å². The number of nitrogens with one attached hydrogen (secondary N) is 1. The standard InChI is InChI=1S/C19H19F2N5O2S/c20-11-4-3-5-12(21)16(11)14-7-6-13(23)17(25-14)18(27)26-15-10-24-29-19(15)28-9-2-1-8-22/h3-7,10H,1-2,8-9,22-23H2,(H,26,27). The first-order valence-corrected chi connectivity index (χ1v) is 9.58. The molecule has 0 fully saturated rings. The molecule has 3 rings (SSSR count). The summed E-state index contributed by atoms with van der Waals surface area (Å²) in [4.78, 5) is 16.8. The summed E-state index contributed by atoms with van der Waals surface area (Å²) >= 11 is 1.08. The molecule has 0 aliphatic carbocycles. The number of carbonyl (C=O) groups is 1. The molecule has 10 heteroatoms. The fraction of sp³-hybridized carbons (Fsp3) is 0.211. The van der Waals surface area contributed by atoms with Gasteiger partial charge >= 0.3 is 0 Å². The summed E-state index contributed by atoms with van der Waals surface area (Å²) in [5, 5.41) is 3.06. The largest absolute Gasteiger partial charge is 0.481 e. The highest BCUT2D eigenvalue weighted by atomic mass is 32.1. The Morgan fingerprint density at radius 2 is 1.93 bits per heavy atom. The fourth-order valence-electron chi connectivity index (χ4n) is 2.54. The predicted molar refractivity (Wildman–Crippen MR) is 108 cm³/mol. The van der Waals surface area contributed by atoms with Crippen molar-refractivity contribution in [2.24, 2.45) is 5.73 Å². The highest BCUT2D eigenvalue weighted by molar-refractivity contribution is 7.08. The summed E-state index contributed by atoms with van der Waals surface area (Å²) in [6.45, 7) is 1.00. The van der Waals surface area contributed by atoms with Gasteiger partial charge in [-0.2, -0.15) is 4.37 Å². The van der Waals surface area contributed by atoms with Crippen molar-refractivity contribution in [1.29, 1.82) is 0 Å². The van der Waals surface area contributed by atoms with Gasteiger partial charge in [0.15, 0.2) is 5.69 Å². The molecule has 0 spiro atoms. The van der Waals surface area contributed by atoms with Crippen molar-refractivity contribution >= 4 is 28.8 Å². The van der Waals surface area contributed by atoms with Crippen LogP contribution in [0.3, 0.4) is 0 Å². The van der Waals surface area contributed by atoms with Crippen molar-refractivity contribution in [3.63, 3.8) is 0 Å². The van der Waals surface area contributed by atoms with Crippen LogP contribution in [-0.2, 0) is 0 Å². The highest BCUT2D eigenvalue weighted by Crippen LogP contribution is 2.30. The SMILES string of the molecule is NCCCCOc1sncc1NC(=O)c1nc(-c2c(F)cccc2F)ccc1N. The number of unbranched alkanes of at least 4 members (excludes halogenated alkanes) is 1. The van der Waals surface area contributed by atoms with Crippen LogP contribution in [0, 0.1) is 11.6 Å². The smallest absolute Gasteiger partial charge is 0.276 e. The minimum Gasteiger partial charge on any atom is -0.481 e. The lowest BCUT2D eigenvalue weighted by Gasteiger charge is -2.10. The molecule has 1 amide bonds. The first-order chi connectivity index (χ1) is 14.0. The molecule has 3 aromatic rings. The molecule has 0 unspecified atom stereocenters. The van der Waals surface area contributed by atoms with Crippen LogP contribution in [-0.4, -0.2) is 28.4 Å². The van der Waals surface area contributed by atoms with Crippen LogP contribution in [0.4, 0.5) is 20.2 Å². The number of benzene rings is 1. The Hall–Kier alpha value is -3.11. The minimum absolute atomic E-state index is 0.0401. The van der Waals surface area contributed by atoms with E-state index in [2.05, 4.69) is 14.7 Å². The number of hydrogen-bond donors (Lipinski definition) is 3. The number of hydrogen-bond acceptors (Lipinski definition) is 7. The van der Waals surface area contributed by atoms with Crippen LogP contribution < -0.4 is 21.5 Å². The predicted octanol–water partition coefficient (Wildman–Crippen LogP) is 3.44. The first-order valence-electron chi connectivity index (χ1n) is 8.81. The maximum Gasteiger partial charge on any atom is 0.276 e. The van der Waals surface area contributed by atoms with Crippen molar-refractivity contribution in [3.05, 3.63) is 53.9 Å². The Labute approximate surface area is 169 Å². The highest BCUT2D eigenvalue weighted by Gasteiger charge is 2.19. The number of ether oxygens (including phenoxy) is 1. The molecule has 0 atom stereocenters. The summed E-state index contributed by atoms with van der Waals surface area (Å²) in [6, 6.07) is 6.20. The Balaban J connectivity index is 1.81. The Morgan fingerprint density at radius 1 is 1.17 bits per heavy atom. The zero-order valence-electron chi connectivity index (χ0n) is 15.3. The molecule has 5 N–H and O–H groups in total. The van der Waals surface area contributed by atoms with E-state index in [-0.39, 0.29) is 22.6 Å². The molecule has 152 valence electrons. The quantitative estimate of drug-likeness (QED) is 0.482. The van der Waals surface area contributed by atoms with E-state index in [1.165, 1.54) is 24.4 Å². The van der Waals surface area contributed by atoms with E-state index in [1.807, 2.05) is 0 Å². The van der Waals surface area contributed by atoms with Gasteiger partial charge in [-0.05, 0) is 43.7 Å². The number of amides is 1. The van der Waals surface area contributed by atoms with Crippen LogP contribution in [0.1, 0.15) is 23.3 Å². The third-order valence-corrected chi connectivity index (χ3v) is 4.69. The molecule has 2 heterocycles. The third kappa shape index (κ3) is 4.84. The van der Waals surface area contributed by atoms with Crippen molar-refractivity contribution in [2.75, 3.05) is 24.2 Å². The summed E-state index contributed by atoms with van der Waals surface area (Å²) in [5.74, 6) is -2.22. The second kappa shape index (κ2) is 9.39. The van der Waals surface area contributed by atoms with Crippen LogP contribution in [0.2, 0.25) is 0 Å². The van der Waals surface area contributed by atoms with Gasteiger partial charge in [-0.15, -0.1) is 0 Å². The van der Waals surface area contributed by atoms with Gasteiger partial charge in [-0.25, -0.2) is 13.8 Å². The van der Waals surface area contributed by atoms with E-state index >= 15 is 0 Å². The van der Waals surface area contributed by atoms with E-state index in [1.54, 1.807) is 0 Å². The van der Waals surface area contributed by atoms with Crippen molar-refractivity contribution in [3.8, 4) is 16.3 Å². The molecular formula is C19H19F2N5O2S. The monoisotopic (exact) mass is 419 g/mol. The van der Waals surface area contributed by atoms with Crippen molar-refractivity contribution < 1.29 is 18.3 Å². The normalized spacial score (nSPS) is 10.7. The molecule has 0 saturated heterocycles. The average molecular weight is 419 g/mol. The number of nitrogens with zero attached hydrogens (tertiary/aromatic N) is 2. The number of anilines is 2. The molecule has 2 aromatic heterocycles. The van der Waals surface area contributed by atoms with Crippen molar-refractivity contribution in [1.82, 2.24) is 9.36 Å². The molecule has 0 aliphatic heterocycles. The van der Waals surface area contributed by atoms with Gasteiger partial charge in [-0.3, -0.25) is 4.79 Å². The van der Waals surface area contributed by atoms with E-state index in [9.17, 15) is 13.6 Å². The van der Waals surface area contributed by atoms with Gasteiger partial charge in [0.05, 0.1) is 29.7 Å².